The van der Waals surface area contributed by atoms with Crippen molar-refractivity contribution in [1.29, 1.82) is 0 Å². The summed E-state index contributed by atoms with van der Waals surface area (Å²) in [6.45, 7) is 4.32. The zero-order valence-electron chi connectivity index (χ0n) is 11.3. The molecule has 2 heteroatoms. The van der Waals surface area contributed by atoms with Gasteiger partial charge in [0.05, 0.1) is 5.92 Å². The molecule has 0 radical (unpaired) electrons. The number of ether oxygens (including phenoxy) is 1. The molecule has 0 N–H and O–H groups in total. The first-order valence-electron chi connectivity index (χ1n) is 6.99. The maximum atomic E-state index is 11.9. The second kappa shape index (κ2) is 6.03. The molecule has 18 heavy (non-hydrogen) atoms. The summed E-state index contributed by atoms with van der Waals surface area (Å²) in [6, 6.07) is 10.1. The summed E-state index contributed by atoms with van der Waals surface area (Å²) in [6.07, 6.45) is 4.44. The highest BCUT2D eigenvalue weighted by atomic mass is 16.6. The minimum Gasteiger partial charge on any atom is -0.457 e. The second-order valence-electron chi connectivity index (χ2n) is 5.23. The van der Waals surface area contributed by atoms with Gasteiger partial charge in [0.1, 0.15) is 6.10 Å². The predicted molar refractivity (Wildman–Crippen MR) is 72.1 cm³/mol. The lowest BCUT2D eigenvalue weighted by Gasteiger charge is -2.16. The molecule has 1 heterocycles. The standard InChI is InChI=1S/C16H22O2/c1-3-4-6-11-14-12(2)15(18-16(14)17)13-9-7-5-8-10-13/h5,7-10,12,14-15H,3-4,6,11H2,1-2H3/t12-,14+,15+/m0/s1. The molecule has 1 aliphatic heterocycles. The SMILES string of the molecule is CCCCC[C@H]1C(=O)O[C@@H](c2ccccc2)[C@H]1C. The lowest BCUT2D eigenvalue weighted by molar-refractivity contribution is -0.144. The second-order valence-corrected chi connectivity index (χ2v) is 5.23. The van der Waals surface area contributed by atoms with Crippen molar-refractivity contribution in [2.75, 3.05) is 0 Å². The van der Waals surface area contributed by atoms with Crippen LogP contribution in [0.1, 0.15) is 51.2 Å². The predicted octanol–water partition coefficient (Wildman–Crippen LogP) is 4.12. The molecule has 0 aliphatic carbocycles. The zero-order chi connectivity index (χ0) is 13.0. The molecular weight excluding hydrogens is 224 g/mol. The van der Waals surface area contributed by atoms with Crippen molar-refractivity contribution < 1.29 is 9.53 Å². The molecular formula is C16H22O2. The van der Waals surface area contributed by atoms with Crippen LogP contribution in [0.5, 0.6) is 0 Å². The van der Waals surface area contributed by atoms with Crippen molar-refractivity contribution in [1.82, 2.24) is 0 Å². The van der Waals surface area contributed by atoms with Crippen molar-refractivity contribution >= 4 is 5.97 Å². The summed E-state index contributed by atoms with van der Waals surface area (Å²) >= 11 is 0. The summed E-state index contributed by atoms with van der Waals surface area (Å²) in [7, 11) is 0. The van der Waals surface area contributed by atoms with Gasteiger partial charge in [0.15, 0.2) is 0 Å². The van der Waals surface area contributed by atoms with Crippen LogP contribution < -0.4 is 0 Å². The molecule has 1 aromatic rings. The third-order valence-electron chi connectivity index (χ3n) is 3.90. The first-order valence-corrected chi connectivity index (χ1v) is 6.99. The van der Waals surface area contributed by atoms with Crippen LogP contribution in [-0.2, 0) is 9.53 Å². The molecule has 0 spiro atoms. The van der Waals surface area contributed by atoms with Gasteiger partial charge in [-0.3, -0.25) is 4.79 Å². The van der Waals surface area contributed by atoms with Crippen molar-refractivity contribution in [3.63, 3.8) is 0 Å². The number of esters is 1. The van der Waals surface area contributed by atoms with Gasteiger partial charge in [0.2, 0.25) is 0 Å². The van der Waals surface area contributed by atoms with Crippen molar-refractivity contribution in [2.24, 2.45) is 11.8 Å². The van der Waals surface area contributed by atoms with Gasteiger partial charge in [-0.1, -0.05) is 63.4 Å². The normalized spacial score (nSPS) is 27.2. The van der Waals surface area contributed by atoms with Gasteiger partial charge < -0.3 is 4.74 Å². The Hall–Kier alpha value is -1.31. The van der Waals surface area contributed by atoms with Gasteiger partial charge >= 0.3 is 5.97 Å². The van der Waals surface area contributed by atoms with Gasteiger partial charge in [-0.05, 0) is 12.0 Å². The fourth-order valence-corrected chi connectivity index (χ4v) is 2.75. The fourth-order valence-electron chi connectivity index (χ4n) is 2.75. The third-order valence-corrected chi connectivity index (χ3v) is 3.90. The van der Waals surface area contributed by atoms with Crippen LogP contribution in [0.25, 0.3) is 0 Å². The van der Waals surface area contributed by atoms with E-state index in [1.807, 2.05) is 30.3 Å². The zero-order valence-corrected chi connectivity index (χ0v) is 11.3. The van der Waals surface area contributed by atoms with Crippen molar-refractivity contribution in [2.45, 2.75) is 45.6 Å². The maximum absolute atomic E-state index is 11.9. The molecule has 0 bridgehead atoms. The van der Waals surface area contributed by atoms with Crippen molar-refractivity contribution in [3.8, 4) is 0 Å². The van der Waals surface area contributed by atoms with Gasteiger partial charge in [-0.15, -0.1) is 0 Å². The molecule has 3 atom stereocenters. The summed E-state index contributed by atoms with van der Waals surface area (Å²) in [4.78, 5) is 11.9. The topological polar surface area (TPSA) is 26.3 Å². The fraction of sp³-hybridized carbons (Fsp3) is 0.562. The number of hydrogen-bond donors (Lipinski definition) is 0. The van der Waals surface area contributed by atoms with Crippen molar-refractivity contribution in [3.05, 3.63) is 35.9 Å². The summed E-state index contributed by atoms with van der Waals surface area (Å²) in [5, 5.41) is 0. The van der Waals surface area contributed by atoms with E-state index < -0.39 is 0 Å². The quantitative estimate of drug-likeness (QED) is 0.577. The highest BCUT2D eigenvalue weighted by Crippen LogP contribution is 2.41. The molecule has 0 amide bonds. The third kappa shape index (κ3) is 2.74. The molecule has 1 fully saturated rings. The first-order chi connectivity index (χ1) is 8.74. The lowest BCUT2D eigenvalue weighted by atomic mass is 9.85. The highest BCUT2D eigenvalue weighted by Gasteiger charge is 2.41. The average Bonchev–Trinajstić information content (AvgIpc) is 2.68. The van der Waals surface area contributed by atoms with E-state index in [1.54, 1.807) is 0 Å². The average molecular weight is 246 g/mol. The molecule has 0 saturated carbocycles. The van der Waals surface area contributed by atoms with Gasteiger partial charge in [-0.2, -0.15) is 0 Å². The molecule has 1 saturated heterocycles. The van der Waals surface area contributed by atoms with Crippen LogP contribution in [0.4, 0.5) is 0 Å². The minimum absolute atomic E-state index is 0.00699. The lowest BCUT2D eigenvalue weighted by Crippen LogP contribution is -2.14. The van der Waals surface area contributed by atoms with Gasteiger partial charge in [-0.25, -0.2) is 0 Å². The largest absolute Gasteiger partial charge is 0.457 e. The number of cyclic esters (lactones) is 1. The van der Waals surface area contributed by atoms with Gasteiger partial charge in [0.25, 0.3) is 0 Å². The van der Waals surface area contributed by atoms with E-state index in [-0.39, 0.29) is 23.9 Å². The van der Waals surface area contributed by atoms with E-state index in [0.29, 0.717) is 0 Å². The first kappa shape index (κ1) is 13.1. The monoisotopic (exact) mass is 246 g/mol. The summed E-state index contributed by atoms with van der Waals surface area (Å²) < 4.78 is 5.56. The van der Waals surface area contributed by atoms with Crippen LogP contribution in [0.15, 0.2) is 30.3 Å². The minimum atomic E-state index is -0.0506. The molecule has 2 rings (SSSR count). The summed E-state index contributed by atoms with van der Waals surface area (Å²) in [5.74, 6) is 0.367. The number of rotatable bonds is 5. The molecule has 1 aliphatic rings. The van der Waals surface area contributed by atoms with E-state index in [4.69, 9.17) is 4.74 Å². The molecule has 2 nitrogen and oxygen atoms in total. The highest BCUT2D eigenvalue weighted by molar-refractivity contribution is 5.75. The number of benzene rings is 1. The number of carbonyl (C=O) groups is 1. The number of hydrogen-bond acceptors (Lipinski definition) is 2. The maximum Gasteiger partial charge on any atom is 0.309 e. The van der Waals surface area contributed by atoms with E-state index in [1.165, 1.54) is 12.8 Å². The Bertz CT molecular complexity index is 385. The molecule has 98 valence electrons. The van der Waals surface area contributed by atoms with Crippen LogP contribution >= 0.6 is 0 Å². The van der Waals surface area contributed by atoms with E-state index in [9.17, 15) is 4.79 Å². The van der Waals surface area contributed by atoms with E-state index in [0.717, 1.165) is 18.4 Å². The smallest absolute Gasteiger partial charge is 0.309 e. The Kier molecular flexibility index (Phi) is 4.40. The Morgan fingerprint density at radius 3 is 2.56 bits per heavy atom. The molecule has 0 aromatic heterocycles. The Morgan fingerprint density at radius 2 is 1.89 bits per heavy atom. The Balaban J connectivity index is 2.02. The Labute approximate surface area is 109 Å². The van der Waals surface area contributed by atoms with Crippen LogP contribution in [0.3, 0.4) is 0 Å². The van der Waals surface area contributed by atoms with Crippen LogP contribution in [-0.4, -0.2) is 5.97 Å². The van der Waals surface area contributed by atoms with E-state index in [2.05, 4.69) is 13.8 Å². The summed E-state index contributed by atoms with van der Waals surface area (Å²) in [5.41, 5.74) is 1.12. The number of carbonyl (C=O) groups excluding carboxylic acids is 1. The molecule has 1 aromatic carbocycles. The molecule has 0 unspecified atom stereocenters. The Morgan fingerprint density at radius 1 is 1.17 bits per heavy atom. The van der Waals surface area contributed by atoms with Gasteiger partial charge in [0, 0.05) is 5.92 Å². The van der Waals surface area contributed by atoms with Crippen LogP contribution in [0.2, 0.25) is 0 Å². The van der Waals surface area contributed by atoms with E-state index >= 15 is 0 Å². The number of unbranched alkanes of at least 4 members (excludes halogenated alkanes) is 2. The van der Waals surface area contributed by atoms with Crippen LogP contribution in [0, 0.1) is 11.8 Å².